The number of amides is 2. The molecule has 0 fully saturated rings. The third-order valence-corrected chi connectivity index (χ3v) is 3.46. The highest BCUT2D eigenvalue weighted by atomic mass is 79.9. The zero-order valence-electron chi connectivity index (χ0n) is 10.9. The van der Waals surface area contributed by atoms with E-state index in [4.69, 9.17) is 5.73 Å². The Hall–Kier alpha value is -1.86. The summed E-state index contributed by atoms with van der Waals surface area (Å²) in [5.41, 5.74) is 6.62. The van der Waals surface area contributed by atoms with Gasteiger partial charge in [-0.3, -0.25) is 5.32 Å². The van der Waals surface area contributed by atoms with E-state index in [0.29, 0.717) is 22.4 Å². The molecule has 4 N–H and O–H groups in total. The first-order valence-corrected chi connectivity index (χ1v) is 6.85. The van der Waals surface area contributed by atoms with E-state index >= 15 is 0 Å². The zero-order valence-corrected chi connectivity index (χ0v) is 12.5. The Kier molecular flexibility index (Phi) is 4.41. The first-order valence-electron chi connectivity index (χ1n) is 6.06. The molecule has 1 heterocycles. The normalized spacial score (nSPS) is 12.2. The molecule has 1 aromatic carbocycles. The molecule has 7 heteroatoms. The highest BCUT2D eigenvalue weighted by molar-refractivity contribution is 9.10. The van der Waals surface area contributed by atoms with Gasteiger partial charge in [0.1, 0.15) is 0 Å². The van der Waals surface area contributed by atoms with Crippen molar-refractivity contribution in [1.82, 2.24) is 9.78 Å². The van der Waals surface area contributed by atoms with Crippen LogP contribution in [0.1, 0.15) is 12.6 Å². The Morgan fingerprint density at radius 1 is 1.50 bits per heavy atom. The lowest BCUT2D eigenvalue weighted by Gasteiger charge is -2.07. The van der Waals surface area contributed by atoms with Crippen molar-refractivity contribution < 1.29 is 9.90 Å². The number of nitrogens with zero attached hydrogens (tertiary/aromatic N) is 2. The molecule has 0 radical (unpaired) electrons. The van der Waals surface area contributed by atoms with Crippen molar-refractivity contribution in [3.8, 4) is 5.69 Å². The van der Waals surface area contributed by atoms with E-state index in [1.165, 1.54) is 0 Å². The zero-order chi connectivity index (χ0) is 14.7. The highest BCUT2D eigenvalue weighted by Gasteiger charge is 2.19. The van der Waals surface area contributed by atoms with Gasteiger partial charge >= 0.3 is 6.03 Å². The van der Waals surface area contributed by atoms with Gasteiger partial charge in [0.15, 0.2) is 5.82 Å². The molecule has 2 aromatic rings. The minimum Gasteiger partial charge on any atom is -0.393 e. The van der Waals surface area contributed by atoms with E-state index in [9.17, 15) is 9.90 Å². The fourth-order valence-electron chi connectivity index (χ4n) is 1.84. The summed E-state index contributed by atoms with van der Waals surface area (Å²) in [7, 11) is 0. The molecule has 0 saturated heterocycles. The van der Waals surface area contributed by atoms with E-state index in [-0.39, 0.29) is 0 Å². The van der Waals surface area contributed by atoms with Crippen LogP contribution < -0.4 is 11.1 Å². The Morgan fingerprint density at radius 2 is 2.15 bits per heavy atom. The second-order valence-corrected chi connectivity index (χ2v) is 5.19. The molecular weight excluding hydrogens is 324 g/mol. The van der Waals surface area contributed by atoms with Crippen LogP contribution in [0.15, 0.2) is 34.8 Å². The molecule has 0 aliphatic rings. The van der Waals surface area contributed by atoms with Gasteiger partial charge in [0.25, 0.3) is 0 Å². The number of para-hydroxylation sites is 1. The van der Waals surface area contributed by atoms with Crippen molar-refractivity contribution >= 4 is 27.8 Å². The number of nitrogens with two attached hydrogens (primary N) is 1. The number of anilines is 1. The maximum absolute atomic E-state index is 11.1. The van der Waals surface area contributed by atoms with Crippen LogP contribution in [0, 0.1) is 0 Å². The molecule has 2 amide bonds. The van der Waals surface area contributed by atoms with Crippen LogP contribution >= 0.6 is 15.9 Å². The number of halogens is 1. The van der Waals surface area contributed by atoms with Crippen molar-refractivity contribution in [3.05, 3.63) is 40.5 Å². The fourth-order valence-corrected chi connectivity index (χ4v) is 2.34. The first-order chi connectivity index (χ1) is 9.49. The summed E-state index contributed by atoms with van der Waals surface area (Å²) in [6, 6.07) is 8.67. The maximum Gasteiger partial charge on any atom is 0.317 e. The average Bonchev–Trinajstić information content (AvgIpc) is 2.68. The summed E-state index contributed by atoms with van der Waals surface area (Å²) >= 11 is 3.39. The molecule has 0 spiro atoms. The molecule has 1 atom stereocenters. The molecule has 2 rings (SSSR count). The van der Waals surface area contributed by atoms with Crippen LogP contribution in [0.4, 0.5) is 10.6 Å². The second-order valence-electron chi connectivity index (χ2n) is 4.40. The summed E-state index contributed by atoms with van der Waals surface area (Å²) in [6.45, 7) is 1.68. The van der Waals surface area contributed by atoms with Gasteiger partial charge < -0.3 is 10.8 Å². The summed E-state index contributed by atoms with van der Waals surface area (Å²) in [6.07, 6.45) is -0.166. The number of aliphatic hydroxyl groups is 1. The van der Waals surface area contributed by atoms with E-state index in [1.54, 1.807) is 11.6 Å². The van der Waals surface area contributed by atoms with Gasteiger partial charge in [-0.1, -0.05) is 18.2 Å². The molecule has 1 unspecified atom stereocenters. The molecule has 0 bridgehead atoms. The summed E-state index contributed by atoms with van der Waals surface area (Å²) in [5, 5.41) is 16.5. The van der Waals surface area contributed by atoms with Crippen LogP contribution in [-0.4, -0.2) is 27.0 Å². The van der Waals surface area contributed by atoms with Gasteiger partial charge in [0, 0.05) is 6.42 Å². The fraction of sp³-hybridized carbons (Fsp3) is 0.231. The lowest BCUT2D eigenvalue weighted by molar-refractivity contribution is 0.194. The van der Waals surface area contributed by atoms with E-state index < -0.39 is 12.1 Å². The lowest BCUT2D eigenvalue weighted by atomic mass is 10.2. The third-order valence-electron chi connectivity index (χ3n) is 2.62. The predicted molar refractivity (Wildman–Crippen MR) is 79.9 cm³/mol. The maximum atomic E-state index is 11.1. The van der Waals surface area contributed by atoms with Crippen LogP contribution in [0.5, 0.6) is 0 Å². The number of hydrogen-bond acceptors (Lipinski definition) is 3. The standard InChI is InChI=1S/C13H15BrN4O2/c1-8(19)7-10-11(14)12(16-13(15)20)18(17-10)9-5-3-2-4-6-9/h2-6,8,19H,7H2,1H3,(H3,15,16,20). The van der Waals surface area contributed by atoms with Crippen LogP contribution in [0.25, 0.3) is 5.69 Å². The van der Waals surface area contributed by atoms with Gasteiger partial charge in [-0.05, 0) is 35.0 Å². The SMILES string of the molecule is CC(O)Cc1nn(-c2ccccc2)c(NC(N)=O)c1Br. The summed E-state index contributed by atoms with van der Waals surface area (Å²) < 4.78 is 2.19. The number of carbonyl (C=O) groups excluding carboxylic acids is 1. The smallest absolute Gasteiger partial charge is 0.317 e. The molecule has 0 saturated carbocycles. The summed E-state index contributed by atoms with van der Waals surface area (Å²) in [4.78, 5) is 11.1. The van der Waals surface area contributed by atoms with Crippen LogP contribution in [0.2, 0.25) is 0 Å². The molecule has 6 nitrogen and oxygen atoms in total. The van der Waals surface area contributed by atoms with E-state index in [2.05, 4.69) is 26.3 Å². The molecule has 0 aliphatic heterocycles. The number of benzene rings is 1. The van der Waals surface area contributed by atoms with Crippen molar-refractivity contribution in [1.29, 1.82) is 0 Å². The van der Waals surface area contributed by atoms with Gasteiger partial charge in [0.2, 0.25) is 0 Å². The molecule has 20 heavy (non-hydrogen) atoms. The van der Waals surface area contributed by atoms with Crippen molar-refractivity contribution in [2.75, 3.05) is 5.32 Å². The minimum absolute atomic E-state index is 0.369. The van der Waals surface area contributed by atoms with Gasteiger partial charge in [-0.2, -0.15) is 5.10 Å². The Labute approximate surface area is 124 Å². The molecular formula is C13H15BrN4O2. The van der Waals surface area contributed by atoms with Gasteiger partial charge in [0.05, 0.1) is 22.0 Å². The second kappa shape index (κ2) is 6.06. The first kappa shape index (κ1) is 14.5. The van der Waals surface area contributed by atoms with Crippen molar-refractivity contribution in [2.24, 2.45) is 5.73 Å². The number of aliphatic hydroxyl groups excluding tert-OH is 1. The van der Waals surface area contributed by atoms with Crippen LogP contribution in [0.3, 0.4) is 0 Å². The largest absolute Gasteiger partial charge is 0.393 e. The Bertz CT molecular complexity index is 610. The highest BCUT2D eigenvalue weighted by Crippen LogP contribution is 2.29. The number of hydrogen-bond donors (Lipinski definition) is 3. The van der Waals surface area contributed by atoms with Gasteiger partial charge in [-0.25, -0.2) is 9.48 Å². The van der Waals surface area contributed by atoms with Gasteiger partial charge in [-0.15, -0.1) is 0 Å². The minimum atomic E-state index is -0.675. The van der Waals surface area contributed by atoms with Crippen molar-refractivity contribution in [3.63, 3.8) is 0 Å². The van der Waals surface area contributed by atoms with Crippen LogP contribution in [-0.2, 0) is 6.42 Å². The average molecular weight is 339 g/mol. The monoisotopic (exact) mass is 338 g/mol. The molecule has 0 aliphatic carbocycles. The number of carbonyl (C=O) groups is 1. The molecule has 106 valence electrons. The quantitative estimate of drug-likeness (QED) is 0.796. The predicted octanol–water partition coefficient (Wildman–Crippen LogP) is 2.05. The number of urea groups is 1. The van der Waals surface area contributed by atoms with Crippen molar-refractivity contribution in [2.45, 2.75) is 19.4 Å². The number of nitrogens with one attached hydrogen (secondary N) is 1. The van der Waals surface area contributed by atoms with E-state index in [0.717, 1.165) is 5.69 Å². The topological polar surface area (TPSA) is 93.2 Å². The Balaban J connectivity index is 2.51. The lowest BCUT2D eigenvalue weighted by Crippen LogP contribution is -2.21. The number of aromatic nitrogens is 2. The molecule has 1 aromatic heterocycles. The number of rotatable bonds is 4. The third kappa shape index (κ3) is 3.17. The summed E-state index contributed by atoms with van der Waals surface area (Å²) in [5.74, 6) is 0.444. The Morgan fingerprint density at radius 3 is 2.70 bits per heavy atom. The van der Waals surface area contributed by atoms with E-state index in [1.807, 2.05) is 30.3 Å². The number of primary amides is 1.